The van der Waals surface area contributed by atoms with Crippen LogP contribution in [0.4, 0.5) is 0 Å². The van der Waals surface area contributed by atoms with E-state index in [0.29, 0.717) is 6.61 Å². The molecule has 0 radical (unpaired) electrons. The Kier molecular flexibility index (Phi) is 11.1. The largest absolute Gasteiger partial charge is 0.396 e. The molecule has 0 bridgehead atoms. The molecule has 3 aliphatic rings. The van der Waals surface area contributed by atoms with Gasteiger partial charge in [0.05, 0.1) is 0 Å². The molecule has 0 saturated heterocycles. The molecule has 0 amide bonds. The summed E-state index contributed by atoms with van der Waals surface area (Å²) >= 11 is 0. The number of aliphatic hydroxyl groups excluding tert-OH is 1. The van der Waals surface area contributed by atoms with Crippen molar-refractivity contribution in [1.82, 2.24) is 0 Å². The van der Waals surface area contributed by atoms with Gasteiger partial charge in [0.25, 0.3) is 0 Å². The average molecular weight is 419 g/mol. The molecule has 3 saturated carbocycles. The molecule has 30 heavy (non-hydrogen) atoms. The maximum Gasteiger partial charge on any atom is 0.0431 e. The van der Waals surface area contributed by atoms with Gasteiger partial charge in [-0.15, -0.1) is 0 Å². The van der Waals surface area contributed by atoms with Crippen LogP contribution in [0.3, 0.4) is 0 Å². The molecule has 3 aliphatic carbocycles. The van der Waals surface area contributed by atoms with E-state index in [1.165, 1.54) is 70.6 Å². The minimum Gasteiger partial charge on any atom is -0.396 e. The lowest BCUT2D eigenvalue weighted by atomic mass is 9.60. The first-order valence-corrected chi connectivity index (χ1v) is 14.4. The molecular weight excluding hydrogens is 364 g/mol. The zero-order chi connectivity index (χ0) is 21.2. The summed E-state index contributed by atoms with van der Waals surface area (Å²) in [7, 11) is 0. The fraction of sp³-hybridized carbons (Fsp3) is 1.00. The van der Waals surface area contributed by atoms with Gasteiger partial charge in [0.15, 0.2) is 0 Å². The lowest BCUT2D eigenvalue weighted by molar-refractivity contribution is 0.0521. The van der Waals surface area contributed by atoms with Crippen LogP contribution >= 0.6 is 0 Å². The standard InChI is InChI=1S/C29H54O/c1-3-5-6-9-23-11-15-26(16-12-23)28-19-20-29(25(4-2)22-28)27-17-13-24(14-18-27)10-7-8-21-30/h23-30H,3-22H2,1-2H3. The van der Waals surface area contributed by atoms with Crippen molar-refractivity contribution in [3.63, 3.8) is 0 Å². The first-order valence-electron chi connectivity index (χ1n) is 14.4. The molecule has 176 valence electrons. The highest BCUT2D eigenvalue weighted by Crippen LogP contribution is 2.49. The molecule has 0 spiro atoms. The Balaban J connectivity index is 1.39. The average Bonchev–Trinajstić information content (AvgIpc) is 2.80. The molecule has 0 heterocycles. The van der Waals surface area contributed by atoms with E-state index in [4.69, 9.17) is 5.11 Å². The molecule has 0 aromatic heterocycles. The maximum absolute atomic E-state index is 9.04. The van der Waals surface area contributed by atoms with E-state index in [9.17, 15) is 0 Å². The smallest absolute Gasteiger partial charge is 0.0431 e. The third-order valence-corrected chi connectivity index (χ3v) is 9.90. The topological polar surface area (TPSA) is 20.2 Å². The Morgan fingerprint density at radius 2 is 1.17 bits per heavy atom. The Morgan fingerprint density at radius 1 is 0.600 bits per heavy atom. The Labute approximate surface area is 189 Å². The summed E-state index contributed by atoms with van der Waals surface area (Å²) in [4.78, 5) is 0. The molecule has 3 unspecified atom stereocenters. The van der Waals surface area contributed by atoms with Crippen molar-refractivity contribution in [2.75, 3.05) is 6.61 Å². The zero-order valence-corrected chi connectivity index (χ0v) is 20.6. The minimum absolute atomic E-state index is 0.386. The van der Waals surface area contributed by atoms with Crippen LogP contribution in [-0.2, 0) is 0 Å². The zero-order valence-electron chi connectivity index (χ0n) is 20.6. The van der Waals surface area contributed by atoms with E-state index in [-0.39, 0.29) is 0 Å². The molecule has 3 fully saturated rings. The molecule has 0 aromatic rings. The van der Waals surface area contributed by atoms with Crippen LogP contribution in [-0.4, -0.2) is 11.7 Å². The fourth-order valence-electron chi connectivity index (χ4n) is 7.92. The summed E-state index contributed by atoms with van der Waals surface area (Å²) in [5, 5.41) is 9.04. The quantitative estimate of drug-likeness (QED) is 0.332. The van der Waals surface area contributed by atoms with Crippen molar-refractivity contribution >= 4 is 0 Å². The number of rotatable bonds is 11. The third-order valence-electron chi connectivity index (χ3n) is 9.90. The van der Waals surface area contributed by atoms with Crippen molar-refractivity contribution < 1.29 is 5.11 Å². The fourth-order valence-corrected chi connectivity index (χ4v) is 7.92. The summed E-state index contributed by atoms with van der Waals surface area (Å²) in [6.45, 7) is 5.21. The van der Waals surface area contributed by atoms with Gasteiger partial charge in [-0.3, -0.25) is 0 Å². The van der Waals surface area contributed by atoms with Crippen LogP contribution in [0.25, 0.3) is 0 Å². The van der Waals surface area contributed by atoms with Gasteiger partial charge in [0, 0.05) is 6.61 Å². The first-order chi connectivity index (χ1) is 14.7. The lowest BCUT2D eigenvalue weighted by Crippen LogP contribution is -2.35. The van der Waals surface area contributed by atoms with Gasteiger partial charge in [-0.2, -0.15) is 0 Å². The van der Waals surface area contributed by atoms with Crippen LogP contribution < -0.4 is 0 Å². The second-order valence-corrected chi connectivity index (χ2v) is 11.7. The molecule has 1 nitrogen and oxygen atoms in total. The van der Waals surface area contributed by atoms with E-state index in [1.807, 2.05) is 0 Å². The van der Waals surface area contributed by atoms with Crippen LogP contribution in [0.1, 0.15) is 136 Å². The molecule has 1 heteroatoms. The lowest BCUT2D eigenvalue weighted by Gasteiger charge is -2.45. The second-order valence-electron chi connectivity index (χ2n) is 11.7. The Bertz CT molecular complexity index is 430. The van der Waals surface area contributed by atoms with Gasteiger partial charge < -0.3 is 5.11 Å². The maximum atomic E-state index is 9.04. The highest BCUT2D eigenvalue weighted by atomic mass is 16.2. The summed E-state index contributed by atoms with van der Waals surface area (Å²) in [6, 6.07) is 0. The molecule has 3 atom stereocenters. The predicted molar refractivity (Wildman–Crippen MR) is 131 cm³/mol. The van der Waals surface area contributed by atoms with Crippen molar-refractivity contribution in [2.24, 2.45) is 41.4 Å². The van der Waals surface area contributed by atoms with Crippen LogP contribution in [0.2, 0.25) is 0 Å². The van der Waals surface area contributed by atoms with E-state index in [0.717, 1.165) is 47.8 Å². The van der Waals surface area contributed by atoms with E-state index in [2.05, 4.69) is 13.8 Å². The number of unbranched alkanes of at least 4 members (excludes halogenated alkanes) is 3. The van der Waals surface area contributed by atoms with Gasteiger partial charge in [-0.25, -0.2) is 0 Å². The monoisotopic (exact) mass is 418 g/mol. The summed E-state index contributed by atoms with van der Waals surface area (Å²) in [5.74, 6) is 7.30. The predicted octanol–water partition coefficient (Wildman–Crippen LogP) is 8.78. The van der Waals surface area contributed by atoms with Crippen LogP contribution in [0.15, 0.2) is 0 Å². The van der Waals surface area contributed by atoms with E-state index >= 15 is 0 Å². The van der Waals surface area contributed by atoms with Crippen molar-refractivity contribution in [2.45, 2.75) is 136 Å². The first kappa shape index (κ1) is 24.6. The molecule has 0 aromatic carbocycles. The number of hydrogen-bond acceptors (Lipinski definition) is 1. The molecule has 1 N–H and O–H groups in total. The molecular formula is C29H54O. The SMILES string of the molecule is CCCCCC1CCC(C2CCC(C3CCC(CCCCO)CC3)C(CC)C2)CC1. The highest BCUT2D eigenvalue weighted by Gasteiger charge is 2.39. The normalized spacial score (nSPS) is 37.9. The van der Waals surface area contributed by atoms with Crippen LogP contribution in [0, 0.1) is 41.4 Å². The Morgan fingerprint density at radius 3 is 1.73 bits per heavy atom. The van der Waals surface area contributed by atoms with Gasteiger partial charge >= 0.3 is 0 Å². The number of hydrogen-bond donors (Lipinski definition) is 1. The van der Waals surface area contributed by atoms with Gasteiger partial charge in [0.2, 0.25) is 0 Å². The summed E-state index contributed by atoms with van der Waals surface area (Å²) in [6.07, 6.45) is 27.8. The van der Waals surface area contributed by atoms with Crippen molar-refractivity contribution in [3.05, 3.63) is 0 Å². The van der Waals surface area contributed by atoms with Gasteiger partial charge in [0.1, 0.15) is 0 Å². The van der Waals surface area contributed by atoms with Crippen LogP contribution in [0.5, 0.6) is 0 Å². The minimum atomic E-state index is 0.386. The van der Waals surface area contributed by atoms with Gasteiger partial charge in [-0.05, 0) is 92.8 Å². The van der Waals surface area contributed by atoms with E-state index < -0.39 is 0 Å². The molecule has 0 aliphatic heterocycles. The highest BCUT2D eigenvalue weighted by molar-refractivity contribution is 4.89. The van der Waals surface area contributed by atoms with Crippen molar-refractivity contribution in [3.8, 4) is 0 Å². The molecule has 3 rings (SSSR count). The summed E-state index contributed by atoms with van der Waals surface area (Å²) < 4.78 is 0. The second kappa shape index (κ2) is 13.5. The number of aliphatic hydroxyl groups is 1. The van der Waals surface area contributed by atoms with E-state index in [1.54, 1.807) is 44.9 Å². The summed E-state index contributed by atoms with van der Waals surface area (Å²) in [5.41, 5.74) is 0. The Hall–Kier alpha value is -0.0400. The van der Waals surface area contributed by atoms with Crippen molar-refractivity contribution in [1.29, 1.82) is 0 Å². The third kappa shape index (κ3) is 7.25. The van der Waals surface area contributed by atoms with Gasteiger partial charge in [-0.1, -0.05) is 84.5 Å².